The topological polar surface area (TPSA) is 77.4 Å². The molecule has 0 fully saturated rings. The molecule has 0 radical (unpaired) electrons. The minimum absolute atomic E-state index is 0.329. The van der Waals surface area contributed by atoms with Crippen LogP contribution in [0.5, 0.6) is 23.0 Å². The van der Waals surface area contributed by atoms with Crippen LogP contribution >= 0.6 is 15.9 Å². The Hall–Kier alpha value is -1.90. The maximum absolute atomic E-state index is 9.20. The van der Waals surface area contributed by atoms with Gasteiger partial charge in [-0.15, -0.1) is 0 Å². The van der Waals surface area contributed by atoms with Crippen LogP contribution in [0.15, 0.2) is 40.9 Å². The first-order valence-electron chi connectivity index (χ1n) is 10.1. The Morgan fingerprint density at radius 3 is 1.77 bits per heavy atom. The van der Waals surface area contributed by atoms with Crippen molar-refractivity contribution in [2.24, 2.45) is 0 Å². The molecule has 0 aliphatic carbocycles. The number of rotatable bonds is 11. The van der Waals surface area contributed by atoms with Crippen LogP contribution in [-0.2, 0) is 0 Å². The van der Waals surface area contributed by atoms with Crippen LogP contribution in [0.25, 0.3) is 0 Å². The molecule has 2 aromatic carbocycles. The number of methoxy groups -OCH3 is 2. The molecule has 0 heterocycles. The van der Waals surface area contributed by atoms with E-state index in [0.717, 1.165) is 48.3 Å². The summed E-state index contributed by atoms with van der Waals surface area (Å²) in [7, 11) is 1.63. The van der Waals surface area contributed by atoms with Gasteiger partial charge in [-0.2, -0.15) is 0 Å². The highest BCUT2D eigenvalue weighted by molar-refractivity contribution is 9.10. The summed E-state index contributed by atoms with van der Waals surface area (Å²) >= 11 is 3.44. The summed E-state index contributed by atoms with van der Waals surface area (Å²) in [6.07, 6.45) is 4.20. The minimum Gasteiger partial charge on any atom is -0.497 e. The van der Waals surface area contributed by atoms with E-state index in [-0.39, 0.29) is 0 Å². The van der Waals surface area contributed by atoms with Gasteiger partial charge >= 0.3 is 7.12 Å². The van der Waals surface area contributed by atoms with Crippen molar-refractivity contribution in [2.45, 2.75) is 39.5 Å². The molecule has 166 valence electrons. The quantitative estimate of drug-likeness (QED) is 0.369. The van der Waals surface area contributed by atoms with E-state index in [1.165, 1.54) is 7.11 Å². The number of hydrogen-bond donors (Lipinski definition) is 2. The highest BCUT2D eigenvalue weighted by atomic mass is 79.9. The number of ether oxygens (including phenoxy) is 4. The second kappa shape index (κ2) is 15.0. The zero-order valence-corrected chi connectivity index (χ0v) is 19.8. The molecule has 0 aromatic heterocycles. The van der Waals surface area contributed by atoms with E-state index in [2.05, 4.69) is 29.8 Å². The molecule has 0 bridgehead atoms. The van der Waals surface area contributed by atoms with E-state index in [9.17, 15) is 10.0 Å². The van der Waals surface area contributed by atoms with Gasteiger partial charge in [0.25, 0.3) is 0 Å². The van der Waals surface area contributed by atoms with E-state index in [1.807, 2.05) is 18.2 Å². The summed E-state index contributed by atoms with van der Waals surface area (Å²) in [6.45, 7) is 5.55. The third-order valence-corrected chi connectivity index (χ3v) is 4.76. The predicted molar refractivity (Wildman–Crippen MR) is 124 cm³/mol. The van der Waals surface area contributed by atoms with Crippen LogP contribution in [0.3, 0.4) is 0 Å². The van der Waals surface area contributed by atoms with Gasteiger partial charge in [-0.3, -0.25) is 0 Å². The van der Waals surface area contributed by atoms with Gasteiger partial charge in [0.1, 0.15) is 23.0 Å². The van der Waals surface area contributed by atoms with Gasteiger partial charge in [0.2, 0.25) is 0 Å². The zero-order chi connectivity index (χ0) is 22.4. The molecule has 8 heteroatoms. The first kappa shape index (κ1) is 26.1. The summed E-state index contributed by atoms with van der Waals surface area (Å²) < 4.78 is 22.1. The number of halogens is 1. The second-order valence-electron chi connectivity index (χ2n) is 6.48. The molecule has 0 saturated heterocycles. The zero-order valence-electron chi connectivity index (χ0n) is 18.2. The average molecular weight is 483 g/mol. The number of benzene rings is 2. The third kappa shape index (κ3) is 9.28. The molecule has 0 aliphatic rings. The molecule has 0 aliphatic heterocycles. The first-order valence-corrected chi connectivity index (χ1v) is 10.9. The summed E-state index contributed by atoms with van der Waals surface area (Å²) in [5, 5.41) is 18.4. The lowest BCUT2D eigenvalue weighted by Crippen LogP contribution is -2.31. The molecular weight excluding hydrogens is 451 g/mol. The molecule has 0 unspecified atom stereocenters. The van der Waals surface area contributed by atoms with Crippen molar-refractivity contribution in [3.8, 4) is 23.0 Å². The Morgan fingerprint density at radius 1 is 0.800 bits per heavy atom. The van der Waals surface area contributed by atoms with Gasteiger partial charge in [-0.05, 0) is 65.2 Å². The van der Waals surface area contributed by atoms with E-state index >= 15 is 0 Å². The van der Waals surface area contributed by atoms with Crippen molar-refractivity contribution in [1.29, 1.82) is 0 Å². The SMILES string of the molecule is CCCCOc1ccc(OC)cc1B(O)O.CCCCOc1ccc(OC)cc1Br. The molecule has 0 atom stereocenters. The van der Waals surface area contributed by atoms with Crippen molar-refractivity contribution in [2.75, 3.05) is 27.4 Å². The Kier molecular flexibility index (Phi) is 13.1. The minimum atomic E-state index is -1.55. The van der Waals surface area contributed by atoms with E-state index in [0.29, 0.717) is 23.6 Å². The lowest BCUT2D eigenvalue weighted by Gasteiger charge is -2.12. The van der Waals surface area contributed by atoms with Crippen molar-refractivity contribution in [3.63, 3.8) is 0 Å². The lowest BCUT2D eigenvalue weighted by atomic mass is 9.79. The maximum atomic E-state index is 9.20. The molecule has 6 nitrogen and oxygen atoms in total. The van der Waals surface area contributed by atoms with Crippen LogP contribution in [0.1, 0.15) is 39.5 Å². The summed E-state index contributed by atoms with van der Waals surface area (Å²) in [5.74, 6) is 2.77. The third-order valence-electron chi connectivity index (χ3n) is 4.15. The fourth-order valence-corrected chi connectivity index (χ4v) is 2.84. The van der Waals surface area contributed by atoms with Crippen molar-refractivity contribution >= 4 is 28.5 Å². The Morgan fingerprint density at radius 2 is 1.30 bits per heavy atom. The molecule has 2 aromatic rings. The molecule has 2 rings (SSSR count). The molecule has 0 amide bonds. The van der Waals surface area contributed by atoms with Crippen LogP contribution in [-0.4, -0.2) is 44.6 Å². The molecule has 0 spiro atoms. The average Bonchev–Trinajstić information content (AvgIpc) is 2.75. The maximum Gasteiger partial charge on any atom is 0.492 e. The molecule has 30 heavy (non-hydrogen) atoms. The van der Waals surface area contributed by atoms with Crippen molar-refractivity contribution in [1.82, 2.24) is 0 Å². The number of hydrogen-bond acceptors (Lipinski definition) is 6. The summed E-state index contributed by atoms with van der Waals surface area (Å²) in [4.78, 5) is 0. The summed E-state index contributed by atoms with van der Waals surface area (Å²) in [5.41, 5.74) is 0.329. The Labute approximate surface area is 188 Å². The van der Waals surface area contributed by atoms with Crippen molar-refractivity contribution in [3.05, 3.63) is 40.9 Å². The monoisotopic (exact) mass is 482 g/mol. The van der Waals surface area contributed by atoms with Gasteiger partial charge < -0.3 is 29.0 Å². The molecule has 0 saturated carbocycles. The van der Waals surface area contributed by atoms with Gasteiger partial charge in [-0.1, -0.05) is 26.7 Å². The smallest absolute Gasteiger partial charge is 0.492 e. The van der Waals surface area contributed by atoms with E-state index in [4.69, 9.17) is 18.9 Å². The molecular formula is C22H32BBrO6. The Balaban J connectivity index is 0.000000303. The highest BCUT2D eigenvalue weighted by Crippen LogP contribution is 2.29. The van der Waals surface area contributed by atoms with Gasteiger partial charge in [-0.25, -0.2) is 0 Å². The molecule has 2 N–H and O–H groups in total. The Bertz CT molecular complexity index is 742. The van der Waals surface area contributed by atoms with Crippen LogP contribution in [0.4, 0.5) is 0 Å². The van der Waals surface area contributed by atoms with Gasteiger partial charge in [0, 0.05) is 5.46 Å². The lowest BCUT2D eigenvalue weighted by molar-refractivity contribution is 0.306. The van der Waals surface area contributed by atoms with E-state index < -0.39 is 7.12 Å². The summed E-state index contributed by atoms with van der Waals surface area (Å²) in [6, 6.07) is 10.7. The first-order chi connectivity index (χ1) is 14.5. The van der Waals surface area contributed by atoms with Gasteiger partial charge in [0.05, 0.1) is 31.9 Å². The standard InChI is InChI=1S/C11H17BO4.C11H15BrO2/c1-3-4-7-16-11-6-5-9(15-2)8-10(11)12(13)14;1-3-4-7-14-11-6-5-9(13-2)8-10(11)12/h5-6,8,13-14H,3-4,7H2,1-2H3;5-6,8H,3-4,7H2,1-2H3. The second-order valence-corrected chi connectivity index (χ2v) is 7.33. The fourth-order valence-electron chi connectivity index (χ4n) is 2.37. The van der Waals surface area contributed by atoms with Gasteiger partial charge in [0.15, 0.2) is 0 Å². The van der Waals surface area contributed by atoms with Crippen LogP contribution < -0.4 is 24.4 Å². The predicted octanol–water partition coefficient (Wildman–Crippen LogP) is 4.19. The van der Waals surface area contributed by atoms with E-state index in [1.54, 1.807) is 25.3 Å². The van der Waals surface area contributed by atoms with Crippen LogP contribution in [0, 0.1) is 0 Å². The normalized spacial score (nSPS) is 9.97. The largest absolute Gasteiger partial charge is 0.497 e. The van der Waals surface area contributed by atoms with Crippen molar-refractivity contribution < 1.29 is 29.0 Å². The van der Waals surface area contributed by atoms with Crippen LogP contribution in [0.2, 0.25) is 0 Å². The fraction of sp³-hybridized carbons (Fsp3) is 0.455. The highest BCUT2D eigenvalue weighted by Gasteiger charge is 2.18. The number of unbranched alkanes of at least 4 members (excludes halogenated alkanes) is 2.